The molecule has 1 atom stereocenters. The van der Waals surface area contributed by atoms with E-state index in [1.807, 2.05) is 22.9 Å². The van der Waals surface area contributed by atoms with Crippen LogP contribution < -0.4 is 0 Å². The lowest BCUT2D eigenvalue weighted by molar-refractivity contribution is 0.0964. The molecule has 2 aromatic carbocycles. The number of nitrogens with zero attached hydrogens (tertiary/aromatic N) is 3. The Hall–Kier alpha value is -2.79. The van der Waals surface area contributed by atoms with Gasteiger partial charge in [-0.3, -0.25) is 4.79 Å². The largest absolute Gasteiger partial charge is 0.294 e. The average molecular weight is 359 g/mol. The molecule has 1 unspecified atom stereocenters. The van der Waals surface area contributed by atoms with E-state index >= 15 is 0 Å². The van der Waals surface area contributed by atoms with E-state index in [1.165, 1.54) is 11.1 Å². The molecule has 1 aliphatic rings. The summed E-state index contributed by atoms with van der Waals surface area (Å²) in [4.78, 5) is 17.4. The molecule has 5 rings (SSSR count). The molecule has 0 N–H and O–H groups in total. The number of aromatic nitrogens is 3. The molecule has 0 bridgehead atoms. The van der Waals surface area contributed by atoms with Gasteiger partial charge in [0.2, 0.25) is 5.13 Å². The predicted molar refractivity (Wildman–Crippen MR) is 103 cm³/mol. The number of carbonyl (C=O) groups is 1. The SMILES string of the molecule is Cc1ccc(C2CC(=O)c3cnn(-c4nc5ccccc5s4)c3C2)cc1. The topological polar surface area (TPSA) is 47.8 Å². The fourth-order valence-electron chi connectivity index (χ4n) is 3.63. The molecule has 128 valence electrons. The normalized spacial score (nSPS) is 16.8. The molecule has 2 aromatic heterocycles. The smallest absolute Gasteiger partial charge is 0.211 e. The van der Waals surface area contributed by atoms with Gasteiger partial charge in [-0.1, -0.05) is 53.3 Å². The summed E-state index contributed by atoms with van der Waals surface area (Å²) in [6.45, 7) is 2.08. The van der Waals surface area contributed by atoms with Gasteiger partial charge < -0.3 is 0 Å². The van der Waals surface area contributed by atoms with Crippen LogP contribution in [-0.2, 0) is 6.42 Å². The van der Waals surface area contributed by atoms with Crippen LogP contribution in [0.4, 0.5) is 0 Å². The molecule has 0 radical (unpaired) electrons. The van der Waals surface area contributed by atoms with Gasteiger partial charge in [-0.05, 0) is 37.0 Å². The van der Waals surface area contributed by atoms with E-state index in [9.17, 15) is 4.79 Å². The van der Waals surface area contributed by atoms with Crippen molar-refractivity contribution in [2.24, 2.45) is 0 Å². The maximum atomic E-state index is 12.7. The minimum absolute atomic E-state index is 0.171. The Morgan fingerprint density at radius 2 is 1.88 bits per heavy atom. The molecule has 0 spiro atoms. The number of ketones is 1. The molecule has 4 nitrogen and oxygen atoms in total. The van der Waals surface area contributed by atoms with Crippen molar-refractivity contribution >= 4 is 27.3 Å². The number of benzene rings is 2. The minimum Gasteiger partial charge on any atom is -0.294 e. The van der Waals surface area contributed by atoms with Crippen molar-refractivity contribution < 1.29 is 4.79 Å². The Bertz CT molecular complexity index is 1090. The van der Waals surface area contributed by atoms with Crippen LogP contribution in [0.25, 0.3) is 15.3 Å². The van der Waals surface area contributed by atoms with E-state index in [1.54, 1.807) is 17.5 Å². The van der Waals surface area contributed by atoms with E-state index in [-0.39, 0.29) is 11.7 Å². The van der Waals surface area contributed by atoms with Crippen molar-refractivity contribution in [1.29, 1.82) is 0 Å². The Balaban J connectivity index is 1.57. The van der Waals surface area contributed by atoms with Crippen LogP contribution in [0.3, 0.4) is 0 Å². The quantitative estimate of drug-likeness (QED) is 0.521. The standard InChI is InChI=1S/C21H17N3OS/c1-13-6-8-14(9-7-13)15-10-18-16(19(25)11-15)12-22-24(18)21-23-17-4-2-3-5-20(17)26-21/h2-9,12,15H,10-11H2,1H3. The van der Waals surface area contributed by atoms with Gasteiger partial charge in [0.05, 0.1) is 27.7 Å². The second-order valence-electron chi connectivity index (χ2n) is 6.82. The number of carbonyl (C=O) groups excluding carboxylic acids is 1. The average Bonchev–Trinajstić information content (AvgIpc) is 3.26. The molecule has 0 amide bonds. The number of thiazole rings is 1. The van der Waals surface area contributed by atoms with Crippen LogP contribution in [0, 0.1) is 6.92 Å². The van der Waals surface area contributed by atoms with Gasteiger partial charge in [0, 0.05) is 6.42 Å². The Morgan fingerprint density at radius 1 is 1.08 bits per heavy atom. The van der Waals surface area contributed by atoms with Crippen molar-refractivity contribution in [2.75, 3.05) is 0 Å². The molecule has 5 heteroatoms. The Labute approximate surface area is 155 Å². The first-order chi connectivity index (χ1) is 12.7. The van der Waals surface area contributed by atoms with Crippen molar-refractivity contribution in [3.63, 3.8) is 0 Å². The van der Waals surface area contributed by atoms with Gasteiger partial charge in [0.25, 0.3) is 0 Å². The zero-order valence-corrected chi connectivity index (χ0v) is 15.2. The van der Waals surface area contributed by atoms with Gasteiger partial charge in [-0.15, -0.1) is 0 Å². The fraction of sp³-hybridized carbons (Fsp3) is 0.190. The van der Waals surface area contributed by atoms with Crippen molar-refractivity contribution in [3.8, 4) is 5.13 Å². The molecule has 0 fully saturated rings. The molecule has 0 saturated heterocycles. The highest BCUT2D eigenvalue weighted by Crippen LogP contribution is 2.35. The highest BCUT2D eigenvalue weighted by atomic mass is 32.1. The number of hydrogen-bond acceptors (Lipinski definition) is 4. The summed E-state index contributed by atoms with van der Waals surface area (Å²) >= 11 is 1.61. The monoisotopic (exact) mass is 359 g/mol. The lowest BCUT2D eigenvalue weighted by atomic mass is 9.82. The van der Waals surface area contributed by atoms with E-state index in [0.717, 1.165) is 33.0 Å². The number of rotatable bonds is 2. The first-order valence-corrected chi connectivity index (χ1v) is 9.53. The third-order valence-corrected chi connectivity index (χ3v) is 6.07. The zero-order valence-electron chi connectivity index (χ0n) is 14.3. The summed E-state index contributed by atoms with van der Waals surface area (Å²) in [5.41, 5.74) is 5.13. The van der Waals surface area contributed by atoms with Gasteiger partial charge in [-0.25, -0.2) is 9.67 Å². The van der Waals surface area contributed by atoms with E-state index in [4.69, 9.17) is 4.98 Å². The first-order valence-electron chi connectivity index (χ1n) is 8.71. The van der Waals surface area contributed by atoms with Crippen molar-refractivity contribution in [3.05, 3.63) is 77.1 Å². The van der Waals surface area contributed by atoms with Gasteiger partial charge in [0.1, 0.15) is 0 Å². The minimum atomic E-state index is 0.171. The third-order valence-electron chi connectivity index (χ3n) is 5.05. The lowest BCUT2D eigenvalue weighted by Crippen LogP contribution is -2.20. The maximum Gasteiger partial charge on any atom is 0.211 e. The highest BCUT2D eigenvalue weighted by molar-refractivity contribution is 7.20. The molecule has 2 heterocycles. The van der Waals surface area contributed by atoms with Crippen LogP contribution in [0.2, 0.25) is 0 Å². The van der Waals surface area contributed by atoms with Crippen LogP contribution in [-0.4, -0.2) is 20.5 Å². The maximum absolute atomic E-state index is 12.7. The van der Waals surface area contributed by atoms with Gasteiger partial charge in [0.15, 0.2) is 5.78 Å². The summed E-state index contributed by atoms with van der Waals surface area (Å²) in [5, 5.41) is 5.32. The van der Waals surface area contributed by atoms with Crippen molar-refractivity contribution in [1.82, 2.24) is 14.8 Å². The summed E-state index contributed by atoms with van der Waals surface area (Å²) in [5.74, 6) is 0.365. The number of aryl methyl sites for hydroxylation is 1. The first kappa shape index (κ1) is 15.5. The Morgan fingerprint density at radius 3 is 2.69 bits per heavy atom. The molecule has 0 aliphatic heterocycles. The van der Waals surface area contributed by atoms with E-state index in [2.05, 4.69) is 42.4 Å². The highest BCUT2D eigenvalue weighted by Gasteiger charge is 2.30. The Kier molecular flexibility index (Phi) is 3.50. The zero-order chi connectivity index (χ0) is 17.7. The second kappa shape index (κ2) is 5.88. The van der Waals surface area contributed by atoms with E-state index < -0.39 is 0 Å². The molecule has 0 saturated carbocycles. The van der Waals surface area contributed by atoms with Gasteiger partial charge >= 0.3 is 0 Å². The van der Waals surface area contributed by atoms with Crippen LogP contribution >= 0.6 is 11.3 Å². The number of fused-ring (bicyclic) bond motifs is 2. The molecular weight excluding hydrogens is 342 g/mol. The molecule has 1 aliphatic carbocycles. The third kappa shape index (κ3) is 2.47. The van der Waals surface area contributed by atoms with Crippen molar-refractivity contribution in [2.45, 2.75) is 25.7 Å². The number of Topliss-reactive ketones (excluding diaryl/α,β-unsaturated/α-hetero) is 1. The summed E-state index contributed by atoms with van der Waals surface area (Å²) < 4.78 is 2.99. The van der Waals surface area contributed by atoms with Crippen LogP contribution in [0.15, 0.2) is 54.7 Å². The van der Waals surface area contributed by atoms with Crippen LogP contribution in [0.5, 0.6) is 0 Å². The van der Waals surface area contributed by atoms with E-state index in [0.29, 0.717) is 6.42 Å². The molecule has 26 heavy (non-hydrogen) atoms. The summed E-state index contributed by atoms with van der Waals surface area (Å²) in [6.07, 6.45) is 3.05. The number of para-hydroxylation sites is 1. The summed E-state index contributed by atoms with van der Waals surface area (Å²) in [7, 11) is 0. The second-order valence-corrected chi connectivity index (χ2v) is 7.83. The summed E-state index contributed by atoms with van der Waals surface area (Å²) in [6, 6.07) is 16.6. The number of hydrogen-bond donors (Lipinski definition) is 0. The fourth-order valence-corrected chi connectivity index (χ4v) is 4.58. The van der Waals surface area contributed by atoms with Crippen LogP contribution in [0.1, 0.15) is 39.5 Å². The predicted octanol–water partition coefficient (Wildman–Crippen LogP) is 4.70. The van der Waals surface area contributed by atoms with Gasteiger partial charge in [-0.2, -0.15) is 5.10 Å². The lowest BCUT2D eigenvalue weighted by Gasteiger charge is -2.22. The molecule has 4 aromatic rings. The molecular formula is C21H17N3OS.